The number of carbonyl (C=O) groups excluding carboxylic acids is 1. The van der Waals surface area contributed by atoms with Gasteiger partial charge in [0.2, 0.25) is 10.0 Å². The summed E-state index contributed by atoms with van der Waals surface area (Å²) < 4.78 is 46.5. The van der Waals surface area contributed by atoms with Crippen LogP contribution in [0.25, 0.3) is 0 Å². The van der Waals surface area contributed by atoms with Crippen molar-refractivity contribution in [1.82, 2.24) is 9.79 Å². The maximum Gasteiger partial charge on any atom is 0.262 e. The van der Waals surface area contributed by atoms with E-state index in [1.165, 1.54) is 24.3 Å². The van der Waals surface area contributed by atoms with E-state index in [-0.39, 0.29) is 17.9 Å². The molecule has 0 unspecified atom stereocenters. The van der Waals surface area contributed by atoms with Crippen LogP contribution < -0.4 is 10.2 Å². The van der Waals surface area contributed by atoms with Gasteiger partial charge in [0.25, 0.3) is 5.91 Å². The molecule has 3 aromatic rings. The molecule has 7 nitrogen and oxygen atoms in total. The van der Waals surface area contributed by atoms with Crippen molar-refractivity contribution in [3.8, 4) is 5.75 Å². The fraction of sp³-hybridized carbons (Fsp3) is 0.269. The number of nitrogens with zero attached hydrogens (tertiary/aromatic N) is 1. The van der Waals surface area contributed by atoms with Crippen molar-refractivity contribution in [3.63, 3.8) is 0 Å². The molecule has 0 aliphatic rings. The molecule has 0 saturated heterocycles. The third-order valence-corrected chi connectivity index (χ3v) is 7.63. The Morgan fingerprint density at radius 2 is 1.64 bits per heavy atom. The molecule has 0 bridgehead atoms. The van der Waals surface area contributed by atoms with Crippen LogP contribution in [0.1, 0.15) is 24.0 Å². The molecule has 0 radical (unpaired) electrons. The lowest BCUT2D eigenvalue weighted by molar-refractivity contribution is -0.133. The minimum atomic E-state index is -4.21. The van der Waals surface area contributed by atoms with Crippen LogP contribution in [-0.2, 0) is 27.8 Å². The van der Waals surface area contributed by atoms with Gasteiger partial charge in [0.1, 0.15) is 11.8 Å². The van der Waals surface area contributed by atoms with E-state index in [1.54, 1.807) is 54.0 Å². The van der Waals surface area contributed by atoms with Crippen LogP contribution in [-0.4, -0.2) is 43.2 Å². The number of unbranched alkanes of at least 4 members (excludes halogenated alkanes) is 1. The molecule has 3 aromatic carbocycles. The Morgan fingerprint density at radius 1 is 0.972 bits per heavy atom. The van der Waals surface area contributed by atoms with Crippen molar-refractivity contribution in [2.24, 2.45) is 0 Å². The highest BCUT2D eigenvalue weighted by Crippen LogP contribution is 2.26. The normalized spacial score (nSPS) is 12.3. The number of amides is 1. The fourth-order valence-electron chi connectivity index (χ4n) is 3.60. The summed E-state index contributed by atoms with van der Waals surface area (Å²) in [6.07, 6.45) is 0.973. The van der Waals surface area contributed by atoms with Crippen molar-refractivity contribution in [2.45, 2.75) is 36.7 Å². The van der Waals surface area contributed by atoms with Gasteiger partial charge >= 0.3 is 0 Å². The van der Waals surface area contributed by atoms with Gasteiger partial charge in [-0.25, -0.2) is 13.9 Å². The van der Waals surface area contributed by atoms with Gasteiger partial charge in [-0.05, 0) is 66.8 Å². The predicted molar refractivity (Wildman–Crippen MR) is 135 cm³/mol. The highest BCUT2D eigenvalue weighted by Gasteiger charge is 2.36. The number of nitrogens with one attached hydrogen (secondary N) is 1. The standard InChI is InChI=1S/C26H28ClFN2O5S/c27-22-10-8-21(9-11-22)19-30(25(26(31)29-32)18-20-6-2-1-3-7-20)36(33,34)24-14-12-23(13-15-24)35-17-5-4-16-28/h1-3,6-15,25,32H,4-5,16-19H2,(H,29,31)/t25-/m1/s1. The minimum Gasteiger partial charge on any atom is -0.494 e. The van der Waals surface area contributed by atoms with Gasteiger partial charge in [0.05, 0.1) is 18.2 Å². The summed E-state index contributed by atoms with van der Waals surface area (Å²) in [5, 5.41) is 9.94. The number of ether oxygens (including phenoxy) is 1. The van der Waals surface area contributed by atoms with Gasteiger partial charge in [-0.3, -0.25) is 14.4 Å². The highest BCUT2D eigenvalue weighted by atomic mass is 35.5. The number of carbonyl (C=O) groups is 1. The Balaban J connectivity index is 1.96. The zero-order chi connectivity index (χ0) is 26.0. The summed E-state index contributed by atoms with van der Waals surface area (Å²) >= 11 is 5.99. The summed E-state index contributed by atoms with van der Waals surface area (Å²) in [4.78, 5) is 12.7. The minimum absolute atomic E-state index is 0.0375. The molecule has 3 rings (SSSR count). The average Bonchev–Trinajstić information content (AvgIpc) is 2.90. The first-order valence-electron chi connectivity index (χ1n) is 11.4. The topological polar surface area (TPSA) is 95.9 Å². The van der Waals surface area contributed by atoms with E-state index in [0.29, 0.717) is 35.8 Å². The van der Waals surface area contributed by atoms with E-state index < -0.39 is 28.6 Å². The third kappa shape index (κ3) is 7.51. The van der Waals surface area contributed by atoms with Crippen LogP contribution in [0.4, 0.5) is 4.39 Å². The number of halogens is 2. The zero-order valence-electron chi connectivity index (χ0n) is 19.5. The van der Waals surface area contributed by atoms with Gasteiger partial charge in [0, 0.05) is 11.6 Å². The Hall–Kier alpha value is -2.98. The lowest BCUT2D eigenvalue weighted by atomic mass is 10.0. The molecule has 1 amide bonds. The first-order valence-corrected chi connectivity index (χ1v) is 13.2. The lowest BCUT2D eigenvalue weighted by Crippen LogP contribution is -2.49. The second kappa shape index (κ2) is 13.4. The van der Waals surface area contributed by atoms with E-state index in [9.17, 15) is 22.8 Å². The number of hydroxylamine groups is 1. The Labute approximate surface area is 215 Å². The van der Waals surface area contributed by atoms with Crippen molar-refractivity contribution >= 4 is 27.5 Å². The summed E-state index contributed by atoms with van der Waals surface area (Å²) in [7, 11) is -4.21. The number of sulfonamides is 1. The van der Waals surface area contributed by atoms with Gasteiger partial charge in [-0.15, -0.1) is 0 Å². The maximum atomic E-state index is 13.8. The second-order valence-corrected chi connectivity index (χ2v) is 10.4. The number of benzene rings is 3. The highest BCUT2D eigenvalue weighted by molar-refractivity contribution is 7.89. The average molecular weight is 535 g/mol. The van der Waals surface area contributed by atoms with Gasteiger partial charge in [-0.2, -0.15) is 4.31 Å². The molecular formula is C26H28ClFN2O5S. The Bertz CT molecular complexity index is 1210. The molecule has 0 aromatic heterocycles. The fourth-order valence-corrected chi connectivity index (χ4v) is 5.30. The molecule has 10 heteroatoms. The lowest BCUT2D eigenvalue weighted by Gasteiger charge is -2.30. The molecule has 0 heterocycles. The van der Waals surface area contributed by atoms with Crippen LogP contribution in [0, 0.1) is 0 Å². The van der Waals surface area contributed by atoms with Crippen molar-refractivity contribution in [2.75, 3.05) is 13.3 Å². The zero-order valence-corrected chi connectivity index (χ0v) is 21.1. The molecule has 0 saturated carbocycles. The van der Waals surface area contributed by atoms with Crippen LogP contribution in [0.3, 0.4) is 0 Å². The number of rotatable bonds is 13. The van der Waals surface area contributed by atoms with E-state index in [2.05, 4.69) is 0 Å². The molecule has 1 atom stereocenters. The van der Waals surface area contributed by atoms with E-state index in [1.807, 2.05) is 6.07 Å². The van der Waals surface area contributed by atoms with Crippen LogP contribution in [0.15, 0.2) is 83.8 Å². The first kappa shape index (κ1) is 27.6. The SMILES string of the molecule is O=C(NO)[C@@H](Cc1ccccc1)N(Cc1ccc(Cl)cc1)S(=O)(=O)c1ccc(OCCCCF)cc1. The predicted octanol–water partition coefficient (Wildman–Crippen LogP) is 4.78. The van der Waals surface area contributed by atoms with Crippen molar-refractivity contribution in [1.29, 1.82) is 0 Å². The summed E-state index contributed by atoms with van der Waals surface area (Å²) in [5.74, 6) is -0.407. The summed E-state index contributed by atoms with van der Waals surface area (Å²) in [5.41, 5.74) is 2.95. The summed E-state index contributed by atoms with van der Waals surface area (Å²) in [6.45, 7) is -0.240. The van der Waals surface area contributed by atoms with Crippen LogP contribution >= 0.6 is 11.6 Å². The molecular weight excluding hydrogens is 507 g/mol. The van der Waals surface area contributed by atoms with Crippen LogP contribution in [0.5, 0.6) is 5.75 Å². The second-order valence-electron chi connectivity index (χ2n) is 8.07. The van der Waals surface area contributed by atoms with Crippen LogP contribution in [0.2, 0.25) is 5.02 Å². The molecule has 0 aliphatic carbocycles. The number of hydrogen-bond donors (Lipinski definition) is 2. The smallest absolute Gasteiger partial charge is 0.262 e. The molecule has 0 fully saturated rings. The largest absolute Gasteiger partial charge is 0.494 e. The van der Waals surface area contributed by atoms with Gasteiger partial charge in [-0.1, -0.05) is 54.1 Å². The van der Waals surface area contributed by atoms with Gasteiger partial charge < -0.3 is 4.74 Å². The van der Waals surface area contributed by atoms with E-state index >= 15 is 0 Å². The number of alkyl halides is 1. The van der Waals surface area contributed by atoms with Crippen molar-refractivity contribution in [3.05, 3.63) is 95.0 Å². The first-order chi connectivity index (χ1) is 17.3. The monoisotopic (exact) mass is 534 g/mol. The molecule has 2 N–H and O–H groups in total. The Morgan fingerprint density at radius 3 is 2.25 bits per heavy atom. The summed E-state index contributed by atoms with van der Waals surface area (Å²) in [6, 6.07) is 20.1. The van der Waals surface area contributed by atoms with E-state index in [0.717, 1.165) is 9.87 Å². The maximum absolute atomic E-state index is 13.8. The molecule has 0 spiro atoms. The quantitative estimate of drug-likeness (QED) is 0.187. The van der Waals surface area contributed by atoms with E-state index in [4.69, 9.17) is 16.3 Å². The molecule has 36 heavy (non-hydrogen) atoms. The molecule has 0 aliphatic heterocycles. The van der Waals surface area contributed by atoms with Crippen molar-refractivity contribution < 1.29 is 27.5 Å². The number of hydrogen-bond acceptors (Lipinski definition) is 5. The van der Waals surface area contributed by atoms with Gasteiger partial charge in [0.15, 0.2) is 0 Å². The Kier molecular flexibility index (Phi) is 10.2. The molecule has 192 valence electrons. The third-order valence-electron chi connectivity index (χ3n) is 5.51.